The van der Waals surface area contributed by atoms with Crippen LogP contribution in [-0.2, 0) is 16.6 Å². The van der Waals surface area contributed by atoms with Crippen molar-refractivity contribution in [2.75, 3.05) is 4.31 Å². The van der Waals surface area contributed by atoms with E-state index < -0.39 is 15.8 Å². The van der Waals surface area contributed by atoms with Gasteiger partial charge in [-0.1, -0.05) is 54.1 Å². The Morgan fingerprint density at radius 2 is 1.62 bits per heavy atom. The first-order valence-corrected chi connectivity index (χ1v) is 9.71. The fraction of sp³-hybridized carbons (Fsp3) is 0.143. The van der Waals surface area contributed by atoms with Crippen LogP contribution >= 0.6 is 0 Å². The molecule has 0 aliphatic carbocycles. The van der Waals surface area contributed by atoms with Crippen molar-refractivity contribution < 1.29 is 12.8 Å². The van der Waals surface area contributed by atoms with Crippen LogP contribution in [0.15, 0.2) is 77.7 Å². The van der Waals surface area contributed by atoms with Crippen LogP contribution in [0.1, 0.15) is 16.7 Å². The van der Waals surface area contributed by atoms with Gasteiger partial charge in [-0.2, -0.15) is 0 Å². The molecule has 26 heavy (non-hydrogen) atoms. The van der Waals surface area contributed by atoms with E-state index in [0.717, 1.165) is 17.2 Å². The Morgan fingerprint density at radius 1 is 0.885 bits per heavy atom. The third-order valence-corrected chi connectivity index (χ3v) is 6.09. The average Bonchev–Trinajstić information content (AvgIpc) is 2.62. The van der Waals surface area contributed by atoms with Gasteiger partial charge in [0.25, 0.3) is 10.0 Å². The first-order valence-electron chi connectivity index (χ1n) is 8.27. The molecule has 0 saturated heterocycles. The van der Waals surface area contributed by atoms with Crippen LogP contribution in [0, 0.1) is 19.7 Å². The van der Waals surface area contributed by atoms with Gasteiger partial charge in [-0.3, -0.25) is 4.31 Å². The summed E-state index contributed by atoms with van der Waals surface area (Å²) in [7, 11) is -3.93. The van der Waals surface area contributed by atoms with Crippen molar-refractivity contribution in [3.8, 4) is 0 Å². The zero-order chi connectivity index (χ0) is 18.7. The molecule has 0 atom stereocenters. The molecule has 3 rings (SSSR count). The molecule has 0 spiro atoms. The molecule has 0 aliphatic rings. The number of benzene rings is 3. The van der Waals surface area contributed by atoms with Crippen molar-refractivity contribution in [2.24, 2.45) is 0 Å². The highest BCUT2D eigenvalue weighted by Gasteiger charge is 2.27. The number of anilines is 1. The summed E-state index contributed by atoms with van der Waals surface area (Å²) in [5.41, 5.74) is 2.97. The van der Waals surface area contributed by atoms with Gasteiger partial charge in [-0.25, -0.2) is 12.8 Å². The molecule has 0 N–H and O–H groups in total. The van der Waals surface area contributed by atoms with E-state index in [1.807, 2.05) is 37.3 Å². The minimum atomic E-state index is -3.93. The summed E-state index contributed by atoms with van der Waals surface area (Å²) in [4.78, 5) is -0.0194. The molecule has 0 saturated carbocycles. The summed E-state index contributed by atoms with van der Waals surface area (Å²) in [6.07, 6.45) is 0. The highest BCUT2D eigenvalue weighted by Crippen LogP contribution is 2.28. The lowest BCUT2D eigenvalue weighted by Crippen LogP contribution is -2.31. The van der Waals surface area contributed by atoms with Gasteiger partial charge < -0.3 is 0 Å². The Bertz CT molecular complexity index is 1020. The molecular formula is C21H20FNO2S. The van der Waals surface area contributed by atoms with E-state index in [4.69, 9.17) is 0 Å². The number of aryl methyl sites for hydroxylation is 2. The molecule has 5 heteroatoms. The van der Waals surface area contributed by atoms with E-state index in [1.165, 1.54) is 16.4 Å². The number of hydrogen-bond donors (Lipinski definition) is 0. The van der Waals surface area contributed by atoms with Crippen LogP contribution in [0.3, 0.4) is 0 Å². The zero-order valence-electron chi connectivity index (χ0n) is 14.7. The first-order chi connectivity index (χ1) is 12.4. The van der Waals surface area contributed by atoms with E-state index in [0.29, 0.717) is 11.3 Å². The molecule has 0 aliphatic heterocycles. The fourth-order valence-corrected chi connectivity index (χ4v) is 4.55. The predicted octanol–water partition coefficient (Wildman–Crippen LogP) is 4.84. The summed E-state index contributed by atoms with van der Waals surface area (Å²) < 4.78 is 41.8. The van der Waals surface area contributed by atoms with Crippen LogP contribution in [0.25, 0.3) is 0 Å². The van der Waals surface area contributed by atoms with Crippen molar-refractivity contribution in [1.29, 1.82) is 0 Å². The standard InChI is InChI=1S/C21H20FNO2S/c1-16-7-6-8-18(13-16)15-23(20-9-4-3-5-10-20)26(24,25)21-14-19(22)12-11-17(21)2/h3-14H,15H2,1-2H3. The number of halogens is 1. The van der Waals surface area contributed by atoms with Gasteiger partial charge >= 0.3 is 0 Å². The minimum absolute atomic E-state index is 0.0194. The van der Waals surface area contributed by atoms with Gasteiger partial charge in [0.1, 0.15) is 5.82 Å². The molecule has 0 bridgehead atoms. The third kappa shape index (κ3) is 3.78. The van der Waals surface area contributed by atoms with E-state index >= 15 is 0 Å². The lowest BCUT2D eigenvalue weighted by molar-refractivity contribution is 0.584. The number of nitrogens with zero attached hydrogens (tertiary/aromatic N) is 1. The number of sulfonamides is 1. The molecule has 0 amide bonds. The van der Waals surface area contributed by atoms with Crippen molar-refractivity contribution >= 4 is 15.7 Å². The third-order valence-electron chi connectivity index (χ3n) is 4.17. The average molecular weight is 369 g/mol. The maximum Gasteiger partial charge on any atom is 0.264 e. The highest BCUT2D eigenvalue weighted by atomic mass is 32.2. The van der Waals surface area contributed by atoms with E-state index in [2.05, 4.69) is 0 Å². The summed E-state index contributed by atoms with van der Waals surface area (Å²) in [6, 6.07) is 20.4. The molecule has 3 aromatic carbocycles. The van der Waals surface area contributed by atoms with Gasteiger partial charge in [-0.15, -0.1) is 0 Å². The first kappa shape index (κ1) is 18.1. The van der Waals surface area contributed by atoms with Crippen molar-refractivity contribution in [1.82, 2.24) is 0 Å². The molecule has 134 valence electrons. The number of hydrogen-bond acceptors (Lipinski definition) is 2. The molecule has 3 aromatic rings. The molecule has 0 fully saturated rings. The maximum absolute atomic E-state index is 13.7. The quantitative estimate of drug-likeness (QED) is 0.645. The van der Waals surface area contributed by atoms with E-state index in [9.17, 15) is 12.8 Å². The summed E-state index contributed by atoms with van der Waals surface area (Å²) >= 11 is 0. The van der Waals surface area contributed by atoms with Crippen LogP contribution in [0.4, 0.5) is 10.1 Å². The van der Waals surface area contributed by atoms with Crippen molar-refractivity contribution in [3.63, 3.8) is 0 Å². The van der Waals surface area contributed by atoms with E-state index in [1.54, 1.807) is 31.2 Å². The molecule has 0 radical (unpaired) electrons. The predicted molar refractivity (Wildman–Crippen MR) is 102 cm³/mol. The molecule has 3 nitrogen and oxygen atoms in total. The Kier molecular flexibility index (Phi) is 5.09. The summed E-state index contributed by atoms with van der Waals surface area (Å²) in [5, 5.41) is 0. The molecular weight excluding hydrogens is 349 g/mol. The highest BCUT2D eigenvalue weighted by molar-refractivity contribution is 7.92. The SMILES string of the molecule is Cc1cccc(CN(c2ccccc2)S(=O)(=O)c2cc(F)ccc2C)c1. The number of para-hydroxylation sites is 1. The van der Waals surface area contributed by atoms with Crippen LogP contribution in [0.2, 0.25) is 0 Å². The monoisotopic (exact) mass is 369 g/mol. The second-order valence-electron chi connectivity index (χ2n) is 6.25. The van der Waals surface area contributed by atoms with Gasteiger partial charge in [-0.05, 0) is 49.2 Å². The topological polar surface area (TPSA) is 37.4 Å². The van der Waals surface area contributed by atoms with Gasteiger partial charge in [0.05, 0.1) is 17.1 Å². The zero-order valence-corrected chi connectivity index (χ0v) is 15.5. The largest absolute Gasteiger partial charge is 0.264 e. The number of rotatable bonds is 5. The Labute approximate surface area is 153 Å². The van der Waals surface area contributed by atoms with Crippen molar-refractivity contribution in [2.45, 2.75) is 25.3 Å². The van der Waals surface area contributed by atoms with Crippen LogP contribution in [-0.4, -0.2) is 8.42 Å². The molecule has 0 unspecified atom stereocenters. The molecule has 0 aromatic heterocycles. The van der Waals surface area contributed by atoms with Gasteiger partial charge in [0, 0.05) is 0 Å². The summed E-state index contributed by atoms with van der Waals surface area (Å²) in [6.45, 7) is 3.80. The Morgan fingerprint density at radius 3 is 2.31 bits per heavy atom. The Hall–Kier alpha value is -2.66. The fourth-order valence-electron chi connectivity index (χ4n) is 2.86. The lowest BCUT2D eigenvalue weighted by Gasteiger charge is -2.25. The van der Waals surface area contributed by atoms with E-state index in [-0.39, 0.29) is 11.4 Å². The van der Waals surface area contributed by atoms with Crippen LogP contribution < -0.4 is 4.31 Å². The minimum Gasteiger partial charge on any atom is -0.262 e. The second kappa shape index (κ2) is 7.30. The van der Waals surface area contributed by atoms with Gasteiger partial charge in [0.2, 0.25) is 0 Å². The Balaban J connectivity index is 2.12. The van der Waals surface area contributed by atoms with Crippen LogP contribution in [0.5, 0.6) is 0 Å². The maximum atomic E-state index is 13.7. The summed E-state index contributed by atoms with van der Waals surface area (Å²) in [5.74, 6) is -0.572. The smallest absolute Gasteiger partial charge is 0.262 e. The second-order valence-corrected chi connectivity index (χ2v) is 8.08. The normalized spacial score (nSPS) is 11.3. The lowest BCUT2D eigenvalue weighted by atomic mass is 10.1. The molecule has 0 heterocycles. The van der Waals surface area contributed by atoms with Gasteiger partial charge in [0.15, 0.2) is 0 Å². The van der Waals surface area contributed by atoms with Crippen molar-refractivity contribution in [3.05, 3.63) is 95.3 Å².